The Balaban J connectivity index is 2.81. The molecule has 92 valence electrons. The highest BCUT2D eigenvalue weighted by atomic mass is 16.5. The smallest absolute Gasteiger partial charge is 0.00369 e. The molecule has 0 rings (SSSR count). The SMILES string of the molecule is NCCCNCCCCNCCCN[O-]. The molecule has 0 atom stereocenters. The first-order valence-electron chi connectivity index (χ1n) is 5.88. The van der Waals surface area contributed by atoms with Gasteiger partial charge in [0.2, 0.25) is 0 Å². The molecule has 0 radical (unpaired) electrons. The number of unbranched alkanes of at least 4 members (excludes halogenated alkanes) is 1. The molecular weight excluding hydrogens is 192 g/mol. The molecule has 5 N–H and O–H groups in total. The van der Waals surface area contributed by atoms with Gasteiger partial charge in [-0.2, -0.15) is 0 Å². The Morgan fingerprint density at radius 1 is 0.733 bits per heavy atom. The molecule has 0 spiro atoms. The van der Waals surface area contributed by atoms with Crippen molar-refractivity contribution in [1.29, 1.82) is 0 Å². The molecule has 0 fully saturated rings. The highest BCUT2D eigenvalue weighted by Crippen LogP contribution is 1.85. The normalized spacial score (nSPS) is 10.8. The van der Waals surface area contributed by atoms with Gasteiger partial charge in [0.15, 0.2) is 0 Å². The summed E-state index contributed by atoms with van der Waals surface area (Å²) in [5, 5.41) is 16.5. The second kappa shape index (κ2) is 13.8. The van der Waals surface area contributed by atoms with Gasteiger partial charge in [-0.25, -0.2) is 0 Å². The molecule has 0 aliphatic heterocycles. The fourth-order valence-corrected chi connectivity index (χ4v) is 1.26. The minimum absolute atomic E-state index is 0.549. The molecular formula is C10H25N4O-. The van der Waals surface area contributed by atoms with Crippen molar-refractivity contribution >= 4 is 0 Å². The Kier molecular flexibility index (Phi) is 13.6. The van der Waals surface area contributed by atoms with Crippen LogP contribution in [0.15, 0.2) is 0 Å². The fraction of sp³-hybridized carbons (Fsp3) is 1.00. The van der Waals surface area contributed by atoms with E-state index in [1.807, 2.05) is 5.48 Å². The Morgan fingerprint density at radius 3 is 1.80 bits per heavy atom. The van der Waals surface area contributed by atoms with Crippen molar-refractivity contribution in [2.24, 2.45) is 5.73 Å². The van der Waals surface area contributed by atoms with Gasteiger partial charge < -0.3 is 27.1 Å². The highest BCUT2D eigenvalue weighted by molar-refractivity contribution is 4.54. The van der Waals surface area contributed by atoms with Crippen LogP contribution in [0, 0.1) is 5.21 Å². The van der Waals surface area contributed by atoms with E-state index in [2.05, 4.69) is 10.6 Å². The summed E-state index contributed by atoms with van der Waals surface area (Å²) in [5.74, 6) is 0. The van der Waals surface area contributed by atoms with E-state index in [0.29, 0.717) is 6.54 Å². The number of nitrogens with one attached hydrogen (secondary N) is 3. The minimum Gasteiger partial charge on any atom is -0.788 e. The molecule has 0 saturated heterocycles. The van der Waals surface area contributed by atoms with Crippen molar-refractivity contribution in [3.8, 4) is 0 Å². The minimum atomic E-state index is 0.549. The van der Waals surface area contributed by atoms with Crippen molar-refractivity contribution in [1.82, 2.24) is 16.1 Å². The second-order valence-electron chi connectivity index (χ2n) is 3.60. The maximum atomic E-state index is 9.90. The first kappa shape index (κ1) is 14.8. The van der Waals surface area contributed by atoms with Gasteiger partial charge in [0.25, 0.3) is 0 Å². The van der Waals surface area contributed by atoms with Gasteiger partial charge in [-0.3, -0.25) is 0 Å². The summed E-state index contributed by atoms with van der Waals surface area (Å²) in [6, 6.07) is 0. The summed E-state index contributed by atoms with van der Waals surface area (Å²) in [7, 11) is 0. The van der Waals surface area contributed by atoms with Gasteiger partial charge in [-0.05, 0) is 65.0 Å². The van der Waals surface area contributed by atoms with E-state index in [0.717, 1.165) is 45.6 Å². The van der Waals surface area contributed by atoms with Crippen molar-refractivity contribution in [3.63, 3.8) is 0 Å². The molecule has 0 bridgehead atoms. The van der Waals surface area contributed by atoms with Crippen LogP contribution in [-0.2, 0) is 0 Å². The molecule has 0 aliphatic rings. The molecule has 0 aromatic carbocycles. The summed E-state index contributed by atoms with van der Waals surface area (Å²) < 4.78 is 0. The zero-order valence-corrected chi connectivity index (χ0v) is 9.56. The third-order valence-corrected chi connectivity index (χ3v) is 2.15. The van der Waals surface area contributed by atoms with Crippen LogP contribution in [0.5, 0.6) is 0 Å². The van der Waals surface area contributed by atoms with Crippen LogP contribution in [0.25, 0.3) is 0 Å². The highest BCUT2D eigenvalue weighted by Gasteiger charge is 1.89. The molecule has 0 aromatic rings. The van der Waals surface area contributed by atoms with E-state index in [1.54, 1.807) is 0 Å². The average molecular weight is 217 g/mol. The Hall–Kier alpha value is -0.200. The molecule has 5 heteroatoms. The van der Waals surface area contributed by atoms with Crippen LogP contribution in [0.1, 0.15) is 25.7 Å². The van der Waals surface area contributed by atoms with Crippen LogP contribution in [-0.4, -0.2) is 39.3 Å². The number of nitrogens with two attached hydrogens (primary N) is 1. The third kappa shape index (κ3) is 13.8. The van der Waals surface area contributed by atoms with E-state index in [4.69, 9.17) is 5.73 Å². The standard InChI is InChI=1S/C10H25N4O/c11-5-3-8-12-6-1-2-7-13-9-4-10-14-15/h12-14H,1-11H2/q-1. The van der Waals surface area contributed by atoms with Crippen molar-refractivity contribution in [2.75, 3.05) is 39.3 Å². The van der Waals surface area contributed by atoms with E-state index in [1.165, 1.54) is 12.8 Å². The molecule has 0 heterocycles. The van der Waals surface area contributed by atoms with Crippen LogP contribution in [0.3, 0.4) is 0 Å². The van der Waals surface area contributed by atoms with Gasteiger partial charge in [-0.15, -0.1) is 0 Å². The topological polar surface area (TPSA) is 85.2 Å². The zero-order chi connectivity index (χ0) is 11.2. The Bertz CT molecular complexity index is 102. The molecule has 0 unspecified atom stereocenters. The summed E-state index contributed by atoms with van der Waals surface area (Å²) in [6.45, 7) is 5.38. The maximum absolute atomic E-state index is 9.90. The number of rotatable bonds is 12. The molecule has 0 aromatic heterocycles. The van der Waals surface area contributed by atoms with Crippen LogP contribution >= 0.6 is 0 Å². The Labute approximate surface area is 92.8 Å². The zero-order valence-electron chi connectivity index (χ0n) is 9.56. The maximum Gasteiger partial charge on any atom is -0.00369 e. The summed E-state index contributed by atoms with van der Waals surface area (Å²) in [6.07, 6.45) is 4.33. The van der Waals surface area contributed by atoms with E-state index in [9.17, 15) is 5.21 Å². The lowest BCUT2D eigenvalue weighted by Crippen LogP contribution is -2.22. The third-order valence-electron chi connectivity index (χ3n) is 2.15. The lowest BCUT2D eigenvalue weighted by atomic mass is 10.3. The fourth-order valence-electron chi connectivity index (χ4n) is 1.26. The van der Waals surface area contributed by atoms with Crippen LogP contribution < -0.4 is 21.8 Å². The quantitative estimate of drug-likeness (QED) is 0.268. The number of hydrogen-bond acceptors (Lipinski definition) is 5. The number of hydrogen-bond donors (Lipinski definition) is 4. The molecule has 0 amide bonds. The first-order valence-corrected chi connectivity index (χ1v) is 5.88. The van der Waals surface area contributed by atoms with E-state index >= 15 is 0 Å². The molecule has 0 aliphatic carbocycles. The summed E-state index contributed by atoms with van der Waals surface area (Å²) in [4.78, 5) is 0. The lowest BCUT2D eigenvalue weighted by Gasteiger charge is -2.08. The molecule has 0 saturated carbocycles. The van der Waals surface area contributed by atoms with Crippen molar-refractivity contribution in [2.45, 2.75) is 25.7 Å². The summed E-state index contributed by atoms with van der Waals surface area (Å²) in [5.41, 5.74) is 7.26. The van der Waals surface area contributed by atoms with Crippen LogP contribution in [0.4, 0.5) is 0 Å². The van der Waals surface area contributed by atoms with E-state index < -0.39 is 0 Å². The molecule has 15 heavy (non-hydrogen) atoms. The van der Waals surface area contributed by atoms with Gasteiger partial charge in [-0.1, -0.05) is 0 Å². The summed E-state index contributed by atoms with van der Waals surface area (Å²) >= 11 is 0. The van der Waals surface area contributed by atoms with Gasteiger partial charge in [0.1, 0.15) is 0 Å². The molecule has 5 nitrogen and oxygen atoms in total. The largest absolute Gasteiger partial charge is 0.788 e. The van der Waals surface area contributed by atoms with Gasteiger partial charge in [0.05, 0.1) is 0 Å². The average Bonchev–Trinajstić information content (AvgIpc) is 2.26. The van der Waals surface area contributed by atoms with Crippen molar-refractivity contribution < 1.29 is 0 Å². The van der Waals surface area contributed by atoms with E-state index in [-0.39, 0.29) is 0 Å². The Morgan fingerprint density at radius 2 is 1.27 bits per heavy atom. The predicted octanol–water partition coefficient (Wildman–Crippen LogP) is -0.228. The van der Waals surface area contributed by atoms with Crippen LogP contribution in [0.2, 0.25) is 0 Å². The number of hydroxylamine groups is 1. The van der Waals surface area contributed by atoms with Gasteiger partial charge >= 0.3 is 0 Å². The first-order chi connectivity index (χ1) is 7.41. The van der Waals surface area contributed by atoms with Crippen molar-refractivity contribution in [3.05, 3.63) is 5.21 Å². The van der Waals surface area contributed by atoms with Gasteiger partial charge in [0, 0.05) is 0 Å². The second-order valence-corrected chi connectivity index (χ2v) is 3.60. The predicted molar refractivity (Wildman–Crippen MR) is 64.6 cm³/mol. The monoisotopic (exact) mass is 217 g/mol. The lowest BCUT2D eigenvalue weighted by molar-refractivity contribution is 0.566.